The highest BCUT2D eigenvalue weighted by Crippen LogP contribution is 2.30. The molecule has 0 aliphatic carbocycles. The first-order chi connectivity index (χ1) is 13.1. The maximum absolute atomic E-state index is 12.2. The molecule has 27 heavy (non-hydrogen) atoms. The Labute approximate surface area is 154 Å². The number of fused-ring (bicyclic) bond motifs is 3. The highest BCUT2D eigenvalue weighted by atomic mass is 16.5. The van der Waals surface area contributed by atoms with Crippen molar-refractivity contribution in [1.29, 1.82) is 0 Å². The lowest BCUT2D eigenvalue weighted by molar-refractivity contribution is -0.118. The van der Waals surface area contributed by atoms with Gasteiger partial charge >= 0.3 is 0 Å². The fraction of sp³-hybridized carbons (Fsp3) is 0.0476. The van der Waals surface area contributed by atoms with Crippen molar-refractivity contribution >= 4 is 39.4 Å². The Morgan fingerprint density at radius 2 is 1.67 bits per heavy atom. The highest BCUT2D eigenvalue weighted by molar-refractivity contribution is 6.07. The van der Waals surface area contributed by atoms with Crippen LogP contribution in [0.25, 0.3) is 21.9 Å². The average molecular weight is 360 g/mol. The number of primary amides is 1. The van der Waals surface area contributed by atoms with E-state index in [1.807, 2.05) is 36.4 Å². The minimum Gasteiger partial charge on any atom is -0.484 e. The van der Waals surface area contributed by atoms with E-state index >= 15 is 0 Å². The Balaban J connectivity index is 1.44. The largest absolute Gasteiger partial charge is 0.484 e. The summed E-state index contributed by atoms with van der Waals surface area (Å²) in [6.07, 6.45) is 0. The molecule has 0 atom stereocenters. The lowest BCUT2D eigenvalue weighted by Crippen LogP contribution is -2.20. The molecule has 6 nitrogen and oxygen atoms in total. The predicted molar refractivity (Wildman–Crippen MR) is 103 cm³/mol. The Kier molecular flexibility index (Phi) is 4.22. The molecule has 0 aliphatic heterocycles. The summed E-state index contributed by atoms with van der Waals surface area (Å²) in [5.41, 5.74) is 7.80. The molecule has 4 aromatic rings. The number of nitrogens with one attached hydrogen (secondary N) is 1. The van der Waals surface area contributed by atoms with Gasteiger partial charge in [-0.15, -0.1) is 0 Å². The normalized spacial score (nSPS) is 10.8. The van der Waals surface area contributed by atoms with E-state index in [0.717, 1.165) is 21.9 Å². The van der Waals surface area contributed by atoms with Gasteiger partial charge in [0.2, 0.25) is 5.91 Å². The maximum atomic E-state index is 12.2. The van der Waals surface area contributed by atoms with Crippen molar-refractivity contribution in [3.63, 3.8) is 0 Å². The first kappa shape index (κ1) is 16.7. The van der Waals surface area contributed by atoms with Crippen molar-refractivity contribution in [3.05, 3.63) is 72.3 Å². The molecule has 0 bridgehead atoms. The molecule has 0 unspecified atom stereocenters. The van der Waals surface area contributed by atoms with Crippen LogP contribution in [-0.4, -0.2) is 18.4 Å². The van der Waals surface area contributed by atoms with E-state index in [0.29, 0.717) is 17.0 Å². The molecule has 3 aromatic carbocycles. The number of anilines is 1. The Hall–Kier alpha value is -3.80. The molecular weight excluding hydrogens is 344 g/mol. The van der Waals surface area contributed by atoms with Crippen LogP contribution in [0.15, 0.2) is 71.1 Å². The minimum absolute atomic E-state index is 0.153. The van der Waals surface area contributed by atoms with Gasteiger partial charge in [-0.2, -0.15) is 0 Å². The number of furan rings is 1. The van der Waals surface area contributed by atoms with E-state index in [-0.39, 0.29) is 12.5 Å². The molecule has 0 aliphatic rings. The zero-order valence-corrected chi connectivity index (χ0v) is 14.3. The quantitative estimate of drug-likeness (QED) is 0.567. The third-order valence-electron chi connectivity index (χ3n) is 4.17. The fourth-order valence-corrected chi connectivity index (χ4v) is 2.87. The topological polar surface area (TPSA) is 94.6 Å². The maximum Gasteiger partial charge on any atom is 0.262 e. The minimum atomic E-state index is -0.513. The lowest BCUT2D eigenvalue weighted by atomic mass is 10.1. The van der Waals surface area contributed by atoms with Gasteiger partial charge in [-0.1, -0.05) is 18.2 Å². The summed E-state index contributed by atoms with van der Waals surface area (Å²) in [7, 11) is 0. The summed E-state index contributed by atoms with van der Waals surface area (Å²) in [4.78, 5) is 23.2. The van der Waals surface area contributed by atoms with Gasteiger partial charge in [-0.3, -0.25) is 9.59 Å². The summed E-state index contributed by atoms with van der Waals surface area (Å²) in [5.74, 6) is -0.325. The van der Waals surface area contributed by atoms with Crippen LogP contribution >= 0.6 is 0 Å². The lowest BCUT2D eigenvalue weighted by Gasteiger charge is -2.08. The summed E-state index contributed by atoms with van der Waals surface area (Å²) in [5, 5.41) is 4.74. The third kappa shape index (κ3) is 3.46. The number of benzene rings is 3. The third-order valence-corrected chi connectivity index (χ3v) is 4.17. The summed E-state index contributed by atoms with van der Waals surface area (Å²) < 4.78 is 11.2. The molecule has 0 saturated carbocycles. The summed E-state index contributed by atoms with van der Waals surface area (Å²) in [6, 6.07) is 19.5. The Morgan fingerprint density at radius 1 is 0.926 bits per heavy atom. The van der Waals surface area contributed by atoms with Crippen molar-refractivity contribution in [2.24, 2.45) is 5.73 Å². The number of para-hydroxylation sites is 1. The van der Waals surface area contributed by atoms with Crippen LogP contribution < -0.4 is 15.8 Å². The van der Waals surface area contributed by atoms with Gasteiger partial charge in [0.1, 0.15) is 16.9 Å². The monoisotopic (exact) mass is 360 g/mol. The number of amides is 2. The van der Waals surface area contributed by atoms with Crippen molar-refractivity contribution in [1.82, 2.24) is 0 Å². The second-order valence-corrected chi connectivity index (χ2v) is 6.03. The molecule has 0 radical (unpaired) electrons. The zero-order valence-electron chi connectivity index (χ0n) is 14.3. The molecule has 2 amide bonds. The van der Waals surface area contributed by atoms with Crippen LogP contribution in [0.2, 0.25) is 0 Å². The van der Waals surface area contributed by atoms with Crippen molar-refractivity contribution < 1.29 is 18.7 Å². The van der Waals surface area contributed by atoms with Crippen LogP contribution in [0, 0.1) is 0 Å². The van der Waals surface area contributed by atoms with Gasteiger partial charge in [-0.05, 0) is 48.5 Å². The SMILES string of the molecule is NC(=O)c1ccc(OCC(=O)Nc2ccc3oc4ccccc4c3c2)cc1. The van der Waals surface area contributed by atoms with Crippen molar-refractivity contribution in [2.75, 3.05) is 11.9 Å². The van der Waals surface area contributed by atoms with Gasteiger partial charge in [0.25, 0.3) is 5.91 Å². The number of rotatable bonds is 5. The summed E-state index contributed by atoms with van der Waals surface area (Å²) >= 11 is 0. The van der Waals surface area contributed by atoms with E-state index in [1.54, 1.807) is 30.3 Å². The van der Waals surface area contributed by atoms with Gasteiger partial charge < -0.3 is 20.2 Å². The average Bonchev–Trinajstić information content (AvgIpc) is 3.05. The first-order valence-electron chi connectivity index (χ1n) is 8.34. The van der Waals surface area contributed by atoms with Crippen LogP contribution in [0.1, 0.15) is 10.4 Å². The number of hydrogen-bond acceptors (Lipinski definition) is 4. The van der Waals surface area contributed by atoms with Crippen LogP contribution in [0.4, 0.5) is 5.69 Å². The molecule has 134 valence electrons. The smallest absolute Gasteiger partial charge is 0.262 e. The molecule has 0 saturated heterocycles. The molecule has 1 heterocycles. The standard InChI is InChI=1S/C21H16N2O4/c22-21(25)13-5-8-15(9-6-13)26-12-20(24)23-14-7-10-19-17(11-14)16-3-1-2-4-18(16)27-19/h1-11H,12H2,(H2,22,25)(H,23,24). The molecule has 4 rings (SSSR count). The molecular formula is C21H16N2O4. The van der Waals surface area contributed by atoms with Crippen molar-refractivity contribution in [3.8, 4) is 5.75 Å². The van der Waals surface area contributed by atoms with E-state index in [4.69, 9.17) is 14.9 Å². The Morgan fingerprint density at radius 3 is 2.44 bits per heavy atom. The number of ether oxygens (including phenoxy) is 1. The van der Waals surface area contributed by atoms with E-state index in [9.17, 15) is 9.59 Å². The second-order valence-electron chi connectivity index (χ2n) is 6.03. The van der Waals surface area contributed by atoms with Crippen molar-refractivity contribution in [2.45, 2.75) is 0 Å². The Bertz CT molecular complexity index is 1150. The second kappa shape index (κ2) is 6.84. The fourth-order valence-electron chi connectivity index (χ4n) is 2.87. The summed E-state index contributed by atoms with van der Waals surface area (Å²) in [6.45, 7) is -0.153. The molecule has 1 aromatic heterocycles. The number of hydrogen-bond donors (Lipinski definition) is 2. The molecule has 0 spiro atoms. The van der Waals surface area contributed by atoms with Gasteiger partial charge in [0.15, 0.2) is 6.61 Å². The molecule has 6 heteroatoms. The van der Waals surface area contributed by atoms with Crippen LogP contribution in [0.3, 0.4) is 0 Å². The highest BCUT2D eigenvalue weighted by Gasteiger charge is 2.09. The van der Waals surface area contributed by atoms with Crippen LogP contribution in [0.5, 0.6) is 5.75 Å². The van der Waals surface area contributed by atoms with E-state index < -0.39 is 5.91 Å². The van der Waals surface area contributed by atoms with E-state index in [1.165, 1.54) is 0 Å². The molecule has 3 N–H and O–H groups in total. The number of nitrogens with two attached hydrogens (primary N) is 1. The van der Waals surface area contributed by atoms with E-state index in [2.05, 4.69) is 5.32 Å². The number of carbonyl (C=O) groups is 2. The number of carbonyl (C=O) groups excluding carboxylic acids is 2. The predicted octanol–water partition coefficient (Wildman–Crippen LogP) is 3.70. The van der Waals surface area contributed by atoms with Gasteiger partial charge in [0.05, 0.1) is 0 Å². The first-order valence-corrected chi connectivity index (χ1v) is 8.34. The van der Waals surface area contributed by atoms with Gasteiger partial charge in [0, 0.05) is 22.0 Å². The molecule has 0 fully saturated rings. The van der Waals surface area contributed by atoms with Gasteiger partial charge in [-0.25, -0.2) is 0 Å². The van der Waals surface area contributed by atoms with Crippen LogP contribution in [-0.2, 0) is 4.79 Å². The zero-order chi connectivity index (χ0) is 18.8.